The zero-order valence-electron chi connectivity index (χ0n) is 20.6. The van der Waals surface area contributed by atoms with Gasteiger partial charge in [0.25, 0.3) is 0 Å². The molecular weight excluding hydrogens is 356 g/mol. The standard InChI is InChI=1S/C11H24O2.C7H16O2.C5H12O/c1-4-11(3)13-10-8-6-7-9-12-5-2;1-4-7(2)9-6-5-8-3;1-4-5(2)6-3/h11H,4-10H2,1-3H3;7H,4-6H2,1-3H3;5H,4H2,1-3H3. The van der Waals surface area contributed by atoms with Crippen LogP contribution in [-0.2, 0) is 23.7 Å². The summed E-state index contributed by atoms with van der Waals surface area (Å²) in [7, 11) is 3.41. The number of hydrogen-bond donors (Lipinski definition) is 0. The molecule has 0 saturated heterocycles. The predicted octanol–water partition coefficient (Wildman–Crippen LogP) is 5.89. The summed E-state index contributed by atoms with van der Waals surface area (Å²) in [4.78, 5) is 0. The molecule has 5 heteroatoms. The van der Waals surface area contributed by atoms with Gasteiger partial charge in [0.15, 0.2) is 0 Å². The van der Waals surface area contributed by atoms with Crippen molar-refractivity contribution in [2.45, 2.75) is 105 Å². The van der Waals surface area contributed by atoms with Gasteiger partial charge in [0.1, 0.15) is 0 Å². The highest BCUT2D eigenvalue weighted by atomic mass is 16.5. The lowest BCUT2D eigenvalue weighted by molar-refractivity contribution is 0.0248. The van der Waals surface area contributed by atoms with E-state index in [0.717, 1.165) is 51.9 Å². The van der Waals surface area contributed by atoms with Gasteiger partial charge >= 0.3 is 0 Å². The van der Waals surface area contributed by atoms with Crippen LogP contribution in [0.1, 0.15) is 87.0 Å². The van der Waals surface area contributed by atoms with Crippen LogP contribution in [0.3, 0.4) is 0 Å². The molecule has 28 heavy (non-hydrogen) atoms. The van der Waals surface area contributed by atoms with E-state index in [1.54, 1.807) is 14.2 Å². The molecule has 5 nitrogen and oxygen atoms in total. The molecule has 0 aromatic heterocycles. The van der Waals surface area contributed by atoms with Gasteiger partial charge in [-0.05, 0) is 66.2 Å². The molecule has 0 aromatic rings. The highest BCUT2D eigenvalue weighted by Crippen LogP contribution is 2.01. The van der Waals surface area contributed by atoms with Gasteiger partial charge < -0.3 is 23.7 Å². The lowest BCUT2D eigenvalue weighted by Gasteiger charge is -2.09. The first-order valence-electron chi connectivity index (χ1n) is 11.3. The molecule has 0 aliphatic rings. The maximum Gasteiger partial charge on any atom is 0.0703 e. The molecule has 0 fully saturated rings. The Kier molecular flexibility index (Phi) is 33.6. The fraction of sp³-hybridized carbons (Fsp3) is 1.00. The summed E-state index contributed by atoms with van der Waals surface area (Å²) in [6.45, 7) is 18.7. The molecular formula is C23H52O5. The third kappa shape index (κ3) is 33.4. The molecule has 0 aromatic carbocycles. The zero-order chi connectivity index (χ0) is 22.0. The van der Waals surface area contributed by atoms with Crippen molar-refractivity contribution in [1.82, 2.24) is 0 Å². The largest absolute Gasteiger partial charge is 0.382 e. The van der Waals surface area contributed by atoms with Crippen molar-refractivity contribution in [3.63, 3.8) is 0 Å². The molecule has 0 spiro atoms. The quantitative estimate of drug-likeness (QED) is 0.298. The van der Waals surface area contributed by atoms with E-state index < -0.39 is 0 Å². The maximum atomic E-state index is 5.56. The molecule has 0 radical (unpaired) electrons. The lowest BCUT2D eigenvalue weighted by atomic mass is 10.2. The molecule has 0 aliphatic heterocycles. The first kappa shape index (κ1) is 32.5. The number of rotatable bonds is 16. The van der Waals surface area contributed by atoms with Crippen LogP contribution in [0.5, 0.6) is 0 Å². The molecule has 0 heterocycles. The molecule has 0 rings (SSSR count). The zero-order valence-corrected chi connectivity index (χ0v) is 20.6. The third-order valence-corrected chi connectivity index (χ3v) is 4.36. The van der Waals surface area contributed by atoms with E-state index in [-0.39, 0.29) is 0 Å². The van der Waals surface area contributed by atoms with E-state index in [2.05, 4.69) is 41.5 Å². The first-order valence-corrected chi connectivity index (χ1v) is 11.3. The van der Waals surface area contributed by atoms with E-state index in [1.807, 2.05) is 6.92 Å². The number of methoxy groups -OCH3 is 2. The van der Waals surface area contributed by atoms with Gasteiger partial charge in [0, 0.05) is 34.0 Å². The highest BCUT2D eigenvalue weighted by molar-refractivity contribution is 4.46. The van der Waals surface area contributed by atoms with Gasteiger partial charge in [-0.15, -0.1) is 0 Å². The van der Waals surface area contributed by atoms with Crippen molar-refractivity contribution < 1.29 is 23.7 Å². The van der Waals surface area contributed by atoms with Crippen LogP contribution in [0, 0.1) is 0 Å². The van der Waals surface area contributed by atoms with Crippen molar-refractivity contribution >= 4 is 0 Å². The molecule has 0 saturated carbocycles. The van der Waals surface area contributed by atoms with Crippen molar-refractivity contribution in [2.75, 3.05) is 47.3 Å². The topological polar surface area (TPSA) is 46.2 Å². The minimum Gasteiger partial charge on any atom is -0.382 e. The number of hydrogen-bond acceptors (Lipinski definition) is 5. The maximum absolute atomic E-state index is 5.56. The van der Waals surface area contributed by atoms with Crippen LogP contribution in [0.25, 0.3) is 0 Å². The van der Waals surface area contributed by atoms with Crippen LogP contribution in [0.15, 0.2) is 0 Å². The lowest BCUT2D eigenvalue weighted by Crippen LogP contribution is -2.10. The molecule has 3 unspecified atom stereocenters. The highest BCUT2D eigenvalue weighted by Gasteiger charge is 1.97. The van der Waals surface area contributed by atoms with E-state index in [1.165, 1.54) is 6.42 Å². The fourth-order valence-electron chi connectivity index (χ4n) is 1.65. The third-order valence-electron chi connectivity index (χ3n) is 4.36. The SMILES string of the molecule is CCC(C)OC.CCC(C)OCCOC.CCOCCCCCOC(C)CC. The Labute approximate surface area is 176 Å². The van der Waals surface area contributed by atoms with Crippen LogP contribution in [-0.4, -0.2) is 65.6 Å². The van der Waals surface area contributed by atoms with Crippen LogP contribution < -0.4 is 0 Å². The predicted molar refractivity (Wildman–Crippen MR) is 120 cm³/mol. The van der Waals surface area contributed by atoms with E-state index >= 15 is 0 Å². The molecule has 174 valence electrons. The second kappa shape index (κ2) is 29.0. The van der Waals surface area contributed by atoms with E-state index in [9.17, 15) is 0 Å². The monoisotopic (exact) mass is 408 g/mol. The average molecular weight is 409 g/mol. The molecule has 3 atom stereocenters. The Morgan fingerprint density at radius 3 is 1.46 bits per heavy atom. The van der Waals surface area contributed by atoms with E-state index in [4.69, 9.17) is 23.7 Å². The number of ether oxygens (including phenoxy) is 5. The van der Waals surface area contributed by atoms with Gasteiger partial charge in [0.05, 0.1) is 31.5 Å². The molecule has 0 bridgehead atoms. The van der Waals surface area contributed by atoms with Gasteiger partial charge in [-0.2, -0.15) is 0 Å². The van der Waals surface area contributed by atoms with Gasteiger partial charge in [-0.3, -0.25) is 0 Å². The molecule has 0 N–H and O–H groups in total. The van der Waals surface area contributed by atoms with Crippen LogP contribution in [0.4, 0.5) is 0 Å². The normalized spacial score (nSPS) is 13.6. The summed E-state index contributed by atoms with van der Waals surface area (Å²) >= 11 is 0. The van der Waals surface area contributed by atoms with Crippen molar-refractivity contribution in [3.8, 4) is 0 Å². The Balaban J connectivity index is -0.000000362. The Bertz CT molecular complexity index is 247. The van der Waals surface area contributed by atoms with Gasteiger partial charge in [-0.25, -0.2) is 0 Å². The van der Waals surface area contributed by atoms with Gasteiger partial charge in [0.2, 0.25) is 0 Å². The Morgan fingerprint density at radius 1 is 0.571 bits per heavy atom. The van der Waals surface area contributed by atoms with Crippen molar-refractivity contribution in [2.24, 2.45) is 0 Å². The van der Waals surface area contributed by atoms with Crippen molar-refractivity contribution in [3.05, 3.63) is 0 Å². The minimum atomic E-state index is 0.375. The smallest absolute Gasteiger partial charge is 0.0703 e. The average Bonchev–Trinajstić information content (AvgIpc) is 2.73. The second-order valence-corrected chi connectivity index (χ2v) is 6.88. The van der Waals surface area contributed by atoms with Crippen molar-refractivity contribution in [1.29, 1.82) is 0 Å². The van der Waals surface area contributed by atoms with Crippen LogP contribution in [0.2, 0.25) is 0 Å². The Hall–Kier alpha value is -0.200. The first-order chi connectivity index (χ1) is 13.4. The van der Waals surface area contributed by atoms with Gasteiger partial charge in [-0.1, -0.05) is 20.8 Å². The summed E-state index contributed by atoms with van der Waals surface area (Å²) in [5.41, 5.74) is 0. The molecule has 0 amide bonds. The number of unbranched alkanes of at least 4 members (excludes halogenated alkanes) is 2. The summed E-state index contributed by atoms with van der Waals surface area (Å²) in [5, 5.41) is 0. The summed E-state index contributed by atoms with van der Waals surface area (Å²) < 4.78 is 25.8. The molecule has 0 aliphatic carbocycles. The minimum absolute atomic E-state index is 0.375. The summed E-state index contributed by atoms with van der Waals surface area (Å²) in [5.74, 6) is 0. The fourth-order valence-corrected chi connectivity index (χ4v) is 1.65. The Morgan fingerprint density at radius 2 is 1.07 bits per heavy atom. The summed E-state index contributed by atoms with van der Waals surface area (Å²) in [6, 6.07) is 0. The second-order valence-electron chi connectivity index (χ2n) is 6.88. The summed E-state index contributed by atoms with van der Waals surface area (Å²) in [6.07, 6.45) is 8.07. The van der Waals surface area contributed by atoms with Crippen LogP contribution >= 0.6 is 0 Å². The van der Waals surface area contributed by atoms with E-state index in [0.29, 0.717) is 31.5 Å².